The lowest BCUT2D eigenvalue weighted by atomic mass is 10.2. The quantitative estimate of drug-likeness (QED) is 0.757. The van der Waals surface area contributed by atoms with Gasteiger partial charge >= 0.3 is 0 Å². The molecule has 0 amide bonds. The summed E-state index contributed by atoms with van der Waals surface area (Å²) in [6, 6.07) is 7.09. The maximum Gasteiger partial charge on any atom is 0.194 e. The fourth-order valence-corrected chi connectivity index (χ4v) is 1.96. The Kier molecular flexibility index (Phi) is 4.37. The van der Waals surface area contributed by atoms with Crippen molar-refractivity contribution >= 4 is 33.2 Å². The Morgan fingerprint density at radius 3 is 2.26 bits per heavy atom. The van der Waals surface area contributed by atoms with Crippen LogP contribution < -0.4 is 5.32 Å². The first kappa shape index (κ1) is 14.2. The van der Waals surface area contributed by atoms with Crippen molar-refractivity contribution in [3.63, 3.8) is 0 Å². The van der Waals surface area contributed by atoms with Crippen LogP contribution in [-0.2, 0) is 6.54 Å². The van der Waals surface area contributed by atoms with Crippen molar-refractivity contribution in [2.45, 2.75) is 6.54 Å². The van der Waals surface area contributed by atoms with E-state index in [4.69, 9.17) is 11.6 Å². The Balaban J connectivity index is 2.12. The predicted molar refractivity (Wildman–Crippen MR) is 72.8 cm³/mol. The summed E-state index contributed by atoms with van der Waals surface area (Å²) >= 11 is 9.18. The summed E-state index contributed by atoms with van der Waals surface area (Å²) in [6.45, 7) is 0.317. The van der Waals surface area contributed by atoms with Gasteiger partial charge in [0.05, 0.1) is 5.02 Å². The van der Waals surface area contributed by atoms with Crippen LogP contribution in [0.5, 0.6) is 0 Å². The summed E-state index contributed by atoms with van der Waals surface area (Å²) in [5.41, 5.74) is 0.994. The van der Waals surface area contributed by atoms with E-state index in [2.05, 4.69) is 21.2 Å². The average molecular weight is 351 g/mol. The van der Waals surface area contributed by atoms with Crippen LogP contribution >= 0.6 is 27.5 Å². The van der Waals surface area contributed by atoms with Crippen LogP contribution in [0.25, 0.3) is 0 Å². The summed E-state index contributed by atoms with van der Waals surface area (Å²) < 4.78 is 39.5. The van der Waals surface area contributed by atoms with Gasteiger partial charge in [-0.25, -0.2) is 13.2 Å². The molecule has 2 aromatic carbocycles. The summed E-state index contributed by atoms with van der Waals surface area (Å²) in [5.74, 6) is -3.93. The molecule has 2 rings (SSSR count). The second kappa shape index (κ2) is 5.84. The van der Waals surface area contributed by atoms with Crippen LogP contribution in [0.3, 0.4) is 0 Å². The molecule has 0 unspecified atom stereocenters. The Bertz CT molecular complexity index is 596. The van der Waals surface area contributed by atoms with Crippen LogP contribution in [0.1, 0.15) is 5.56 Å². The highest BCUT2D eigenvalue weighted by atomic mass is 79.9. The van der Waals surface area contributed by atoms with Crippen molar-refractivity contribution < 1.29 is 13.2 Å². The molecule has 100 valence electrons. The minimum atomic E-state index is -1.47. The molecule has 0 fully saturated rings. The molecule has 0 bridgehead atoms. The van der Waals surface area contributed by atoms with Crippen molar-refractivity contribution in [1.82, 2.24) is 0 Å². The minimum Gasteiger partial charge on any atom is -0.381 e. The summed E-state index contributed by atoms with van der Waals surface area (Å²) in [7, 11) is 0. The molecule has 0 atom stereocenters. The third-order valence-electron chi connectivity index (χ3n) is 2.46. The number of anilines is 1. The van der Waals surface area contributed by atoms with Crippen molar-refractivity contribution in [2.24, 2.45) is 0 Å². The highest BCUT2D eigenvalue weighted by Crippen LogP contribution is 2.24. The molecule has 0 saturated carbocycles. The largest absolute Gasteiger partial charge is 0.381 e. The molecule has 1 N–H and O–H groups in total. The molecule has 6 heteroatoms. The monoisotopic (exact) mass is 349 g/mol. The second-order valence-electron chi connectivity index (χ2n) is 3.86. The normalized spacial score (nSPS) is 10.6. The fourth-order valence-electron chi connectivity index (χ4n) is 1.51. The van der Waals surface area contributed by atoms with Gasteiger partial charge in [0.25, 0.3) is 0 Å². The van der Waals surface area contributed by atoms with Gasteiger partial charge in [-0.1, -0.05) is 17.7 Å². The Morgan fingerprint density at radius 2 is 1.68 bits per heavy atom. The van der Waals surface area contributed by atoms with Gasteiger partial charge in [-0.15, -0.1) is 0 Å². The molecule has 0 saturated heterocycles. The number of hydrogen-bond donors (Lipinski definition) is 1. The van der Waals surface area contributed by atoms with Crippen LogP contribution in [0.15, 0.2) is 34.8 Å². The lowest BCUT2D eigenvalue weighted by Crippen LogP contribution is -2.02. The van der Waals surface area contributed by atoms with Crippen LogP contribution in [-0.4, -0.2) is 0 Å². The van der Waals surface area contributed by atoms with Crippen LogP contribution in [0, 0.1) is 17.5 Å². The highest BCUT2D eigenvalue weighted by molar-refractivity contribution is 9.10. The van der Waals surface area contributed by atoms with E-state index in [1.54, 1.807) is 18.2 Å². The lowest BCUT2D eigenvalue weighted by molar-refractivity contribution is 0.447. The van der Waals surface area contributed by atoms with Crippen LogP contribution in [0.2, 0.25) is 5.02 Å². The lowest BCUT2D eigenvalue weighted by Gasteiger charge is -2.08. The van der Waals surface area contributed by atoms with Gasteiger partial charge in [-0.2, -0.15) is 0 Å². The third kappa shape index (κ3) is 3.42. The van der Waals surface area contributed by atoms with E-state index >= 15 is 0 Å². The van der Waals surface area contributed by atoms with E-state index in [9.17, 15) is 13.2 Å². The zero-order chi connectivity index (χ0) is 14.0. The number of hydrogen-bond acceptors (Lipinski definition) is 1. The molecule has 0 aliphatic carbocycles. The van der Waals surface area contributed by atoms with E-state index < -0.39 is 17.5 Å². The first-order chi connectivity index (χ1) is 8.97. The molecule has 1 nitrogen and oxygen atoms in total. The van der Waals surface area contributed by atoms with Gasteiger partial charge in [0.15, 0.2) is 17.5 Å². The summed E-state index contributed by atoms with van der Waals surface area (Å²) in [4.78, 5) is 0. The molecule has 2 aromatic rings. The molecule has 0 heterocycles. The van der Waals surface area contributed by atoms with Gasteiger partial charge in [-0.3, -0.25) is 0 Å². The number of nitrogens with one attached hydrogen (secondary N) is 1. The predicted octanol–water partition coefficient (Wildman–Crippen LogP) is 5.13. The van der Waals surface area contributed by atoms with Crippen molar-refractivity contribution in [3.05, 3.63) is 62.8 Å². The van der Waals surface area contributed by atoms with E-state index in [-0.39, 0.29) is 5.69 Å². The molecular weight excluding hydrogens is 343 g/mol. The first-order valence-electron chi connectivity index (χ1n) is 5.29. The molecule has 0 spiro atoms. The van der Waals surface area contributed by atoms with Gasteiger partial charge in [-0.05, 0) is 33.6 Å². The topological polar surface area (TPSA) is 12.0 Å². The Labute approximate surface area is 121 Å². The zero-order valence-corrected chi connectivity index (χ0v) is 11.8. The Morgan fingerprint density at radius 1 is 1.05 bits per heavy atom. The molecular formula is C13H8BrClF3N. The maximum absolute atomic E-state index is 13.0. The van der Waals surface area contributed by atoms with E-state index in [1.807, 2.05) is 0 Å². The molecule has 0 radical (unpaired) electrons. The van der Waals surface area contributed by atoms with Crippen molar-refractivity contribution in [3.8, 4) is 0 Å². The smallest absolute Gasteiger partial charge is 0.194 e. The van der Waals surface area contributed by atoms with Gasteiger partial charge in [0.2, 0.25) is 0 Å². The van der Waals surface area contributed by atoms with Gasteiger partial charge in [0.1, 0.15) is 0 Å². The number of benzene rings is 2. The van der Waals surface area contributed by atoms with Crippen molar-refractivity contribution in [2.75, 3.05) is 5.32 Å². The molecule has 0 aliphatic rings. The zero-order valence-electron chi connectivity index (χ0n) is 9.48. The van der Waals surface area contributed by atoms with E-state index in [0.29, 0.717) is 11.6 Å². The average Bonchev–Trinajstić information content (AvgIpc) is 2.37. The first-order valence-corrected chi connectivity index (χ1v) is 6.47. The van der Waals surface area contributed by atoms with Gasteiger partial charge < -0.3 is 5.32 Å². The van der Waals surface area contributed by atoms with Gasteiger partial charge in [0, 0.05) is 28.8 Å². The van der Waals surface area contributed by atoms with E-state index in [0.717, 1.165) is 22.2 Å². The second-order valence-corrected chi connectivity index (χ2v) is 5.12. The summed E-state index contributed by atoms with van der Waals surface area (Å²) in [5, 5.41) is 3.33. The molecule has 0 aromatic heterocycles. The third-order valence-corrected chi connectivity index (χ3v) is 3.70. The number of rotatable bonds is 3. The van der Waals surface area contributed by atoms with Crippen LogP contribution in [0.4, 0.5) is 18.9 Å². The highest BCUT2D eigenvalue weighted by Gasteiger charge is 2.10. The SMILES string of the molecule is Fc1cc(NCc2ccc(Br)c(Cl)c2)cc(F)c1F. The maximum atomic E-state index is 13.0. The standard InChI is InChI=1S/C13H8BrClF3N/c14-9-2-1-7(3-10(9)15)6-19-8-4-11(16)13(18)12(17)5-8/h1-5,19H,6H2. The summed E-state index contributed by atoms with van der Waals surface area (Å²) in [6.07, 6.45) is 0. The van der Waals surface area contributed by atoms with Crippen molar-refractivity contribution in [1.29, 1.82) is 0 Å². The molecule has 19 heavy (non-hydrogen) atoms. The number of halogens is 5. The minimum absolute atomic E-state index is 0.162. The molecule has 0 aliphatic heterocycles. The Hall–Kier alpha value is -1.20. The van der Waals surface area contributed by atoms with E-state index in [1.165, 1.54) is 0 Å². The fraction of sp³-hybridized carbons (Fsp3) is 0.0769.